The van der Waals surface area contributed by atoms with Gasteiger partial charge >= 0.3 is 5.97 Å². The lowest BCUT2D eigenvalue weighted by Gasteiger charge is -2.50. The van der Waals surface area contributed by atoms with Crippen LogP contribution >= 0.6 is 34.7 Å². The summed E-state index contributed by atoms with van der Waals surface area (Å²) in [7, 11) is 1.34. The van der Waals surface area contributed by atoms with Crippen molar-refractivity contribution < 1.29 is 24.0 Å². The molecule has 6 rings (SSSR count). The third kappa shape index (κ3) is 6.87. The Morgan fingerprint density at radius 2 is 1.52 bits per heavy atom. The van der Waals surface area contributed by atoms with Gasteiger partial charge in [-0.05, 0) is 37.5 Å². The number of oxime groups is 1. The summed E-state index contributed by atoms with van der Waals surface area (Å²) in [5, 5.41) is 12.8. The molecule has 1 fully saturated rings. The molecule has 10 nitrogen and oxygen atoms in total. The zero-order valence-electron chi connectivity index (χ0n) is 27.9. The molecule has 2 N–H and O–H groups in total. The van der Waals surface area contributed by atoms with Gasteiger partial charge in [0.1, 0.15) is 35.7 Å². The van der Waals surface area contributed by atoms with E-state index in [1.54, 1.807) is 26.2 Å². The van der Waals surface area contributed by atoms with Crippen LogP contribution in [0.4, 0.5) is 5.13 Å². The molecule has 3 heterocycles. The number of allylic oxidation sites excluding steroid dienone is 1. The molecule has 4 aromatic rings. The van der Waals surface area contributed by atoms with Crippen LogP contribution in [0.3, 0.4) is 0 Å². The van der Waals surface area contributed by atoms with E-state index in [1.807, 2.05) is 54.6 Å². The van der Waals surface area contributed by atoms with Crippen molar-refractivity contribution in [2.24, 2.45) is 5.16 Å². The number of benzene rings is 3. The molecule has 1 saturated heterocycles. The molecule has 0 spiro atoms. The molecule has 0 radical (unpaired) electrons. The highest BCUT2D eigenvalue weighted by Gasteiger charge is 2.54. The van der Waals surface area contributed by atoms with Crippen molar-refractivity contribution in [1.29, 1.82) is 0 Å². The highest BCUT2D eigenvalue weighted by molar-refractivity contribution is 8.03. The van der Waals surface area contributed by atoms with Crippen LogP contribution in [0.2, 0.25) is 0 Å². The highest BCUT2D eigenvalue weighted by Crippen LogP contribution is 2.42. The zero-order valence-corrected chi connectivity index (χ0v) is 30.3. The van der Waals surface area contributed by atoms with Crippen LogP contribution in [-0.2, 0) is 29.5 Å². The number of hydrogen-bond donors (Lipinski definition) is 2. The summed E-state index contributed by atoms with van der Waals surface area (Å²) in [6.45, 7) is 5.25. The van der Waals surface area contributed by atoms with Crippen molar-refractivity contribution in [3.05, 3.63) is 129 Å². The summed E-state index contributed by atoms with van der Waals surface area (Å²) < 4.78 is 5.58. The van der Waals surface area contributed by atoms with E-state index in [9.17, 15) is 14.4 Å². The topological polar surface area (TPSA) is 122 Å². The predicted molar refractivity (Wildman–Crippen MR) is 197 cm³/mol. The van der Waals surface area contributed by atoms with E-state index in [2.05, 4.69) is 52.2 Å². The summed E-state index contributed by atoms with van der Waals surface area (Å²) in [5.41, 5.74) is 1.67. The molecule has 0 unspecified atom stereocenters. The van der Waals surface area contributed by atoms with E-state index in [0.29, 0.717) is 15.8 Å². The molecule has 1 aromatic heterocycles. The molecular formula is C37H36ClN5O5S2. The number of aromatic nitrogens is 1. The van der Waals surface area contributed by atoms with Crippen LogP contribution in [0.25, 0.3) is 0 Å². The number of nitrogens with one attached hydrogen (secondary N) is 2. The number of carbonyl (C=O) groups is 3. The first-order valence-corrected chi connectivity index (χ1v) is 18.3. The van der Waals surface area contributed by atoms with E-state index in [-0.39, 0.29) is 23.0 Å². The van der Waals surface area contributed by atoms with Crippen LogP contribution < -0.4 is 10.6 Å². The summed E-state index contributed by atoms with van der Waals surface area (Å²) in [5.74, 6) is -1.23. The number of alkyl halides is 1. The maximum absolute atomic E-state index is 13.8. The number of thioether (sulfide) groups is 1. The van der Waals surface area contributed by atoms with Crippen molar-refractivity contribution in [2.45, 2.75) is 44.0 Å². The van der Waals surface area contributed by atoms with Gasteiger partial charge in [0.2, 0.25) is 0 Å². The fourth-order valence-corrected chi connectivity index (χ4v) is 8.28. The van der Waals surface area contributed by atoms with E-state index in [0.717, 1.165) is 16.7 Å². The third-order valence-electron chi connectivity index (χ3n) is 8.21. The van der Waals surface area contributed by atoms with Gasteiger partial charge in [0.05, 0.1) is 11.9 Å². The lowest BCUT2D eigenvalue weighted by molar-refractivity contribution is -0.160. The van der Waals surface area contributed by atoms with E-state index in [4.69, 9.17) is 26.2 Å². The second kappa shape index (κ2) is 14.7. The Kier molecular flexibility index (Phi) is 10.3. The number of fused-ring (bicyclic) bond motifs is 1. The van der Waals surface area contributed by atoms with Gasteiger partial charge in [-0.25, -0.2) is 9.78 Å². The number of hydrogen-bond acceptors (Lipinski definition) is 10. The first-order chi connectivity index (χ1) is 24.1. The number of amides is 2. The summed E-state index contributed by atoms with van der Waals surface area (Å²) in [4.78, 5) is 52.2. The molecule has 13 heteroatoms. The number of β-lactam (4-membered cyclic amide) rings is 1. The smallest absolute Gasteiger partial charge is 0.356 e. The summed E-state index contributed by atoms with van der Waals surface area (Å²) in [6.07, 6.45) is 0. The lowest BCUT2D eigenvalue weighted by Crippen LogP contribution is -2.73. The molecule has 50 heavy (non-hydrogen) atoms. The standard InChI is InChI=1S/C37H36ClN5O5S2/c1-36(2,3)48-34(46)31-28(20-38)49-22-27-30(33(45)43(27)31)40-32(44)29(42-47-4)26-21-50-35(39-26)41-37(23-14-8-5-9-15-23,24-16-10-6-11-17-24)25-18-12-7-13-19-25/h5-19,21,27,30H,20,22H2,1-4H3,(H,39,41)(H,40,44)/b42-29-/t27-,30+/m1/s1. The van der Waals surface area contributed by atoms with Crippen LogP contribution in [0.1, 0.15) is 43.2 Å². The Morgan fingerprint density at radius 3 is 2.02 bits per heavy atom. The number of esters is 1. The number of rotatable bonds is 11. The number of carbonyl (C=O) groups excluding carboxylic acids is 3. The van der Waals surface area contributed by atoms with E-state index >= 15 is 0 Å². The molecule has 2 aliphatic heterocycles. The first kappa shape index (κ1) is 35.2. The number of ether oxygens (including phenoxy) is 1. The molecule has 2 amide bonds. The van der Waals surface area contributed by atoms with Crippen LogP contribution in [0.5, 0.6) is 0 Å². The average molecular weight is 730 g/mol. The first-order valence-electron chi connectivity index (χ1n) is 15.9. The van der Waals surface area contributed by atoms with Gasteiger partial charge in [-0.15, -0.1) is 34.7 Å². The average Bonchev–Trinajstić information content (AvgIpc) is 3.59. The van der Waals surface area contributed by atoms with Gasteiger partial charge < -0.3 is 20.2 Å². The van der Waals surface area contributed by atoms with Crippen LogP contribution in [-0.4, -0.2) is 69.8 Å². The fraction of sp³-hybridized carbons (Fsp3) is 0.270. The Balaban J connectivity index is 1.27. The summed E-state index contributed by atoms with van der Waals surface area (Å²) >= 11 is 8.83. The number of halogens is 1. The van der Waals surface area contributed by atoms with Gasteiger partial charge in [0, 0.05) is 16.0 Å². The van der Waals surface area contributed by atoms with E-state index < -0.39 is 41.0 Å². The van der Waals surface area contributed by atoms with Gasteiger partial charge in [-0.2, -0.15) is 0 Å². The normalized spacial score (nSPS) is 17.8. The number of thiazole rings is 1. The molecule has 0 aliphatic carbocycles. The number of anilines is 1. The SMILES string of the molecule is CO/N=C(\C(=O)N[C@@H]1C(=O)N2C(C(=O)OC(C)(C)C)=C(CCl)SC[C@H]12)c1csc(NC(c2ccccc2)(c2ccccc2)c2ccccc2)n1. The minimum atomic E-state index is -0.899. The zero-order chi connectivity index (χ0) is 35.5. The highest BCUT2D eigenvalue weighted by atomic mass is 35.5. The van der Waals surface area contributed by atoms with Crippen molar-refractivity contribution >= 4 is 63.3 Å². The Hall–Kier alpha value is -4.65. The largest absolute Gasteiger partial charge is 0.455 e. The molecule has 2 atom stereocenters. The summed E-state index contributed by atoms with van der Waals surface area (Å²) in [6, 6.07) is 28.9. The van der Waals surface area contributed by atoms with Crippen molar-refractivity contribution in [3.63, 3.8) is 0 Å². The van der Waals surface area contributed by atoms with Gasteiger partial charge in [0.25, 0.3) is 11.8 Å². The molecular weight excluding hydrogens is 694 g/mol. The second-order valence-electron chi connectivity index (χ2n) is 12.6. The van der Waals surface area contributed by atoms with Gasteiger partial charge in [-0.3, -0.25) is 14.5 Å². The van der Waals surface area contributed by atoms with Crippen molar-refractivity contribution in [3.8, 4) is 0 Å². The quantitative estimate of drug-likeness (QED) is 0.0472. The molecule has 0 saturated carbocycles. The Bertz CT molecular complexity index is 1830. The molecule has 258 valence electrons. The lowest BCUT2D eigenvalue weighted by atomic mass is 9.77. The monoisotopic (exact) mass is 729 g/mol. The molecule has 2 aliphatic rings. The molecule has 3 aromatic carbocycles. The van der Waals surface area contributed by atoms with Crippen molar-refractivity contribution in [1.82, 2.24) is 15.2 Å². The minimum absolute atomic E-state index is 0.0533. The molecule has 0 bridgehead atoms. The van der Waals surface area contributed by atoms with Gasteiger partial charge in [0.15, 0.2) is 10.8 Å². The maximum Gasteiger partial charge on any atom is 0.356 e. The van der Waals surface area contributed by atoms with E-state index in [1.165, 1.54) is 35.1 Å². The fourth-order valence-electron chi connectivity index (χ4n) is 6.07. The van der Waals surface area contributed by atoms with Crippen LogP contribution in [0, 0.1) is 0 Å². The van der Waals surface area contributed by atoms with Crippen molar-refractivity contribution in [2.75, 3.05) is 24.1 Å². The Morgan fingerprint density at radius 1 is 0.960 bits per heavy atom. The Labute approximate surface area is 303 Å². The second-order valence-corrected chi connectivity index (χ2v) is 14.8. The van der Waals surface area contributed by atoms with Gasteiger partial charge in [-0.1, -0.05) is 96.2 Å². The maximum atomic E-state index is 13.8. The third-order valence-corrected chi connectivity index (χ3v) is 10.6. The minimum Gasteiger partial charge on any atom is -0.455 e. The predicted octanol–water partition coefficient (Wildman–Crippen LogP) is 6.13. The van der Waals surface area contributed by atoms with Crippen LogP contribution in [0.15, 0.2) is 112 Å². The number of nitrogens with zero attached hydrogens (tertiary/aromatic N) is 3.